The topological polar surface area (TPSA) is 135 Å². The third-order valence-electron chi connectivity index (χ3n) is 11.0. The van der Waals surface area contributed by atoms with Gasteiger partial charge in [-0.1, -0.05) is 53.5 Å². The van der Waals surface area contributed by atoms with Crippen molar-refractivity contribution in [1.29, 1.82) is 0 Å². The summed E-state index contributed by atoms with van der Waals surface area (Å²) in [6.07, 6.45) is -0.500. The van der Waals surface area contributed by atoms with Crippen molar-refractivity contribution in [2.45, 2.75) is 37.9 Å². The van der Waals surface area contributed by atoms with E-state index in [1.165, 1.54) is 20.2 Å². The molecular formula is C40H40Cl2F3N7O5. The summed E-state index contributed by atoms with van der Waals surface area (Å²) in [6, 6.07) is 13.1. The number of benzene rings is 2. The smallest absolute Gasteiger partial charge is 0.433 e. The fourth-order valence-corrected chi connectivity index (χ4v) is 8.64. The molecule has 0 saturated carbocycles. The van der Waals surface area contributed by atoms with Crippen LogP contribution in [0, 0.1) is 5.92 Å². The van der Waals surface area contributed by atoms with Crippen molar-refractivity contribution in [3.05, 3.63) is 96.2 Å². The van der Waals surface area contributed by atoms with E-state index in [2.05, 4.69) is 15.2 Å². The van der Waals surface area contributed by atoms with E-state index < -0.39 is 28.9 Å². The van der Waals surface area contributed by atoms with Gasteiger partial charge in [0.15, 0.2) is 0 Å². The molecule has 1 aliphatic carbocycles. The average Bonchev–Trinajstić information content (AvgIpc) is 3.85. The van der Waals surface area contributed by atoms with Gasteiger partial charge in [0.1, 0.15) is 16.9 Å². The molecule has 4 heterocycles. The van der Waals surface area contributed by atoms with Gasteiger partial charge >= 0.3 is 11.9 Å². The Balaban J connectivity index is 1.20. The summed E-state index contributed by atoms with van der Waals surface area (Å²) in [5, 5.41) is 12.3. The Bertz CT molecular complexity index is 2490. The largest absolute Gasteiger partial charge is 0.481 e. The standard InChI is InChI=1S/C40H40Cl2F3N7O5/c1-49-30-19-31(40(43,44)45)48-36(33(30)38(55)50(2)39(49)56)46-27-9-5-7-25(35(27)42)24-6-4-8-26(34(24)41)28-18-23-10-11-29(32(23)37(47-28)57-3)52-15-13-22(20-52)12-14-51(21-54)16-17-53/h4-9,18-19,21-22,29,53H,10-17,20H2,1-3H3,(H,46,48). The van der Waals surface area contributed by atoms with Crippen LogP contribution >= 0.6 is 23.2 Å². The van der Waals surface area contributed by atoms with Crippen LogP contribution in [0.3, 0.4) is 0 Å². The Morgan fingerprint density at radius 1 is 1.00 bits per heavy atom. The fraction of sp³-hybridized carbons (Fsp3) is 0.375. The predicted molar refractivity (Wildman–Crippen MR) is 212 cm³/mol. The van der Waals surface area contributed by atoms with Crippen LogP contribution in [-0.4, -0.2) is 80.3 Å². The molecule has 12 nitrogen and oxygen atoms in total. The van der Waals surface area contributed by atoms with E-state index in [1.807, 2.05) is 12.1 Å². The molecule has 1 aliphatic heterocycles. The van der Waals surface area contributed by atoms with E-state index in [-0.39, 0.29) is 34.3 Å². The number of halogens is 5. The van der Waals surface area contributed by atoms with Crippen molar-refractivity contribution in [2.24, 2.45) is 20.0 Å². The number of aryl methyl sites for hydroxylation is 2. The highest BCUT2D eigenvalue weighted by Crippen LogP contribution is 2.47. The Morgan fingerprint density at radius 3 is 2.42 bits per heavy atom. The summed E-state index contributed by atoms with van der Waals surface area (Å²) in [5.74, 6) is 0.520. The highest BCUT2D eigenvalue weighted by atomic mass is 35.5. The first-order valence-corrected chi connectivity index (χ1v) is 19.2. The van der Waals surface area contributed by atoms with Gasteiger partial charge in [0.2, 0.25) is 12.3 Å². The Hall–Kier alpha value is -4.96. The molecule has 1 amide bonds. The molecular weight excluding hydrogens is 786 g/mol. The maximum Gasteiger partial charge on any atom is 0.433 e. The van der Waals surface area contributed by atoms with Gasteiger partial charge in [-0.05, 0) is 61.9 Å². The summed E-state index contributed by atoms with van der Waals surface area (Å²) in [5.41, 5.74) is 1.34. The minimum Gasteiger partial charge on any atom is -0.481 e. The van der Waals surface area contributed by atoms with E-state index in [0.717, 1.165) is 65.4 Å². The molecule has 2 aliphatic rings. The number of aromatic nitrogens is 4. The summed E-state index contributed by atoms with van der Waals surface area (Å²) >= 11 is 14.1. The van der Waals surface area contributed by atoms with Crippen LogP contribution in [0.4, 0.5) is 24.7 Å². The number of aliphatic hydroxyl groups is 1. The number of carbonyl (C=O) groups is 1. The number of alkyl halides is 3. The molecule has 5 aromatic rings. The van der Waals surface area contributed by atoms with Gasteiger partial charge in [-0.3, -0.25) is 23.6 Å². The van der Waals surface area contributed by atoms with Crippen molar-refractivity contribution >= 4 is 52.0 Å². The molecule has 300 valence electrons. The third-order valence-corrected chi connectivity index (χ3v) is 11.8. The van der Waals surface area contributed by atoms with Gasteiger partial charge in [-0.2, -0.15) is 13.2 Å². The highest BCUT2D eigenvalue weighted by molar-refractivity contribution is 6.39. The van der Waals surface area contributed by atoms with Crippen LogP contribution in [0.15, 0.2) is 58.1 Å². The molecule has 7 rings (SSSR count). The predicted octanol–water partition coefficient (Wildman–Crippen LogP) is 6.59. The lowest BCUT2D eigenvalue weighted by atomic mass is 9.99. The summed E-state index contributed by atoms with van der Waals surface area (Å²) < 4.78 is 49.7. The molecule has 2 aromatic carbocycles. The number of likely N-dealkylation sites (tertiary alicyclic amines) is 1. The number of anilines is 2. The number of amides is 1. The monoisotopic (exact) mass is 825 g/mol. The molecule has 2 N–H and O–H groups in total. The molecule has 1 saturated heterocycles. The zero-order valence-electron chi connectivity index (χ0n) is 31.4. The molecule has 3 aromatic heterocycles. The maximum absolute atomic E-state index is 14.0. The van der Waals surface area contributed by atoms with E-state index in [1.54, 1.807) is 36.3 Å². The first-order chi connectivity index (χ1) is 27.2. The number of methoxy groups -OCH3 is 1. The zero-order valence-corrected chi connectivity index (χ0v) is 32.9. The highest BCUT2D eigenvalue weighted by Gasteiger charge is 2.37. The number of hydrogen-bond donors (Lipinski definition) is 2. The van der Waals surface area contributed by atoms with Crippen LogP contribution in [-0.2, 0) is 31.5 Å². The normalized spacial score (nSPS) is 16.9. The molecule has 2 unspecified atom stereocenters. The minimum absolute atomic E-state index is 0.0606. The van der Waals surface area contributed by atoms with Gasteiger partial charge in [0.05, 0.1) is 40.7 Å². The minimum atomic E-state index is -4.88. The summed E-state index contributed by atoms with van der Waals surface area (Å²) in [4.78, 5) is 50.0. The van der Waals surface area contributed by atoms with E-state index in [9.17, 15) is 32.7 Å². The van der Waals surface area contributed by atoms with E-state index in [4.69, 9.17) is 32.9 Å². The number of nitrogens with one attached hydrogen (secondary N) is 1. The average molecular weight is 827 g/mol. The number of aliphatic hydroxyl groups excluding tert-OH is 1. The Kier molecular flexibility index (Phi) is 11.4. The van der Waals surface area contributed by atoms with Crippen molar-refractivity contribution in [3.63, 3.8) is 0 Å². The lowest BCUT2D eigenvalue weighted by molar-refractivity contribution is -0.141. The van der Waals surface area contributed by atoms with Crippen LogP contribution in [0.5, 0.6) is 5.88 Å². The number of nitrogens with zero attached hydrogens (tertiary/aromatic N) is 6. The maximum atomic E-state index is 14.0. The van der Waals surface area contributed by atoms with Crippen molar-refractivity contribution < 1.29 is 27.8 Å². The molecule has 0 spiro atoms. The number of pyridine rings is 2. The number of carbonyl (C=O) groups excluding carboxylic acids is 1. The Morgan fingerprint density at radius 2 is 1.72 bits per heavy atom. The number of hydrogen-bond acceptors (Lipinski definition) is 9. The first kappa shape index (κ1) is 40.2. The van der Waals surface area contributed by atoms with Crippen molar-refractivity contribution in [1.82, 2.24) is 28.9 Å². The van der Waals surface area contributed by atoms with Crippen LogP contribution in [0.25, 0.3) is 33.3 Å². The third kappa shape index (κ3) is 7.61. The number of ether oxygens (including phenoxy) is 1. The molecule has 1 fully saturated rings. The quantitative estimate of drug-likeness (QED) is 0.134. The zero-order chi connectivity index (χ0) is 40.8. The van der Waals surface area contributed by atoms with Crippen LogP contribution in [0.2, 0.25) is 10.0 Å². The van der Waals surface area contributed by atoms with Gasteiger partial charge in [0.25, 0.3) is 5.56 Å². The van der Waals surface area contributed by atoms with Crippen LogP contribution in [0.1, 0.15) is 42.1 Å². The lowest BCUT2D eigenvalue weighted by Gasteiger charge is -2.26. The second kappa shape index (κ2) is 16.1. The number of fused-ring (bicyclic) bond motifs is 2. The molecule has 0 bridgehead atoms. The number of rotatable bonds is 12. The second-order valence-corrected chi connectivity index (χ2v) is 15.1. The van der Waals surface area contributed by atoms with Gasteiger partial charge in [0, 0.05) is 62.0 Å². The van der Waals surface area contributed by atoms with Crippen molar-refractivity contribution in [2.75, 3.05) is 45.2 Å². The molecule has 0 radical (unpaired) electrons. The van der Waals surface area contributed by atoms with E-state index in [0.29, 0.717) is 58.4 Å². The lowest BCUT2D eigenvalue weighted by Crippen LogP contribution is -2.37. The molecule has 17 heteroatoms. The summed E-state index contributed by atoms with van der Waals surface area (Å²) in [7, 11) is 4.10. The Labute approximate surface area is 335 Å². The summed E-state index contributed by atoms with van der Waals surface area (Å²) in [6.45, 7) is 2.68. The SMILES string of the molecule is COc1nc(-c2cccc(-c3cccc(Nc4nc(C(F)(F)F)cc5c4c(=O)n(C)c(=O)n5C)c3Cl)c2Cl)cc2c1C(N1CCC(CCN(C=O)CCO)C1)CC2. The molecule has 57 heavy (non-hydrogen) atoms. The van der Waals surface area contributed by atoms with Gasteiger partial charge in [-0.15, -0.1) is 0 Å². The fourth-order valence-electron chi connectivity index (χ4n) is 8.04. The first-order valence-electron chi connectivity index (χ1n) is 18.4. The van der Waals surface area contributed by atoms with Gasteiger partial charge in [-0.25, -0.2) is 14.8 Å². The molecule has 2 atom stereocenters. The van der Waals surface area contributed by atoms with E-state index >= 15 is 0 Å². The van der Waals surface area contributed by atoms with Gasteiger partial charge < -0.3 is 20.1 Å². The second-order valence-electron chi connectivity index (χ2n) is 14.4. The van der Waals surface area contributed by atoms with Crippen molar-refractivity contribution in [3.8, 4) is 28.3 Å². The van der Waals surface area contributed by atoms with Crippen LogP contribution < -0.4 is 21.3 Å².